The van der Waals surface area contributed by atoms with Crippen LogP contribution in [0.1, 0.15) is 25.0 Å². The van der Waals surface area contributed by atoms with E-state index in [9.17, 15) is 15.0 Å². The SMILES string of the molecule is N[C@@H](CCCCNC[C@H](O)[C@H](O)Cc1cnc2ccccc2n1)C(=O)O. The maximum absolute atomic E-state index is 10.6. The van der Waals surface area contributed by atoms with Gasteiger partial charge in [0.1, 0.15) is 6.04 Å². The Morgan fingerprint density at radius 1 is 1.15 bits per heavy atom. The Balaban J connectivity index is 1.68. The van der Waals surface area contributed by atoms with Crippen LogP contribution in [0.2, 0.25) is 0 Å². The van der Waals surface area contributed by atoms with Gasteiger partial charge >= 0.3 is 5.97 Å². The van der Waals surface area contributed by atoms with Crippen molar-refractivity contribution >= 4 is 17.0 Å². The summed E-state index contributed by atoms with van der Waals surface area (Å²) in [6, 6.07) is 6.65. The molecule has 0 aliphatic heterocycles. The van der Waals surface area contributed by atoms with E-state index in [2.05, 4.69) is 15.3 Å². The predicted molar refractivity (Wildman–Crippen MR) is 97.6 cm³/mol. The molecule has 142 valence electrons. The molecule has 6 N–H and O–H groups in total. The minimum absolute atomic E-state index is 0.216. The van der Waals surface area contributed by atoms with Gasteiger partial charge in [0, 0.05) is 19.2 Å². The lowest BCUT2D eigenvalue weighted by molar-refractivity contribution is -0.138. The first-order valence-corrected chi connectivity index (χ1v) is 8.73. The summed E-state index contributed by atoms with van der Waals surface area (Å²) in [5.41, 5.74) is 7.59. The molecule has 0 aliphatic carbocycles. The van der Waals surface area contributed by atoms with Gasteiger partial charge in [0.25, 0.3) is 0 Å². The van der Waals surface area contributed by atoms with Crippen LogP contribution in [-0.2, 0) is 11.2 Å². The van der Waals surface area contributed by atoms with Crippen LogP contribution < -0.4 is 11.1 Å². The standard InChI is InChI=1S/C18H26N4O4/c19-13(18(25)26)5-3-4-8-20-11-17(24)16(23)9-12-10-21-14-6-1-2-7-15(14)22-12/h1-2,6-7,10,13,16-17,20,23-24H,3-5,8-9,11,19H2,(H,25,26)/t13-,16+,17-/m0/s1. The second-order valence-electron chi connectivity index (χ2n) is 6.33. The van der Waals surface area contributed by atoms with Crippen molar-refractivity contribution in [2.45, 2.75) is 43.9 Å². The molecule has 8 heteroatoms. The molecule has 0 amide bonds. The first kappa shape index (κ1) is 20.2. The van der Waals surface area contributed by atoms with Crippen molar-refractivity contribution in [2.24, 2.45) is 5.73 Å². The molecule has 0 aliphatic rings. The second kappa shape index (κ2) is 10.1. The van der Waals surface area contributed by atoms with Crippen LogP contribution >= 0.6 is 0 Å². The van der Waals surface area contributed by atoms with E-state index in [0.29, 0.717) is 25.1 Å². The number of hydrogen-bond donors (Lipinski definition) is 5. The van der Waals surface area contributed by atoms with Crippen molar-refractivity contribution in [3.8, 4) is 0 Å². The Hall–Kier alpha value is -2.13. The van der Waals surface area contributed by atoms with Crippen LogP contribution in [-0.4, -0.2) is 62.6 Å². The van der Waals surface area contributed by atoms with Gasteiger partial charge in [-0.15, -0.1) is 0 Å². The summed E-state index contributed by atoms with van der Waals surface area (Å²) >= 11 is 0. The van der Waals surface area contributed by atoms with Crippen LogP contribution in [0, 0.1) is 0 Å². The average Bonchev–Trinajstić information content (AvgIpc) is 2.63. The van der Waals surface area contributed by atoms with E-state index in [1.54, 1.807) is 6.20 Å². The summed E-state index contributed by atoms with van der Waals surface area (Å²) in [6.45, 7) is 0.860. The zero-order valence-corrected chi connectivity index (χ0v) is 14.6. The van der Waals surface area contributed by atoms with Crippen LogP contribution in [0.4, 0.5) is 0 Å². The number of para-hydroxylation sites is 2. The molecule has 0 saturated heterocycles. The molecule has 8 nitrogen and oxygen atoms in total. The van der Waals surface area contributed by atoms with Gasteiger partial charge in [0.05, 0.1) is 28.9 Å². The molecule has 3 atom stereocenters. The van der Waals surface area contributed by atoms with Gasteiger partial charge in [0.2, 0.25) is 0 Å². The van der Waals surface area contributed by atoms with Gasteiger partial charge in [-0.2, -0.15) is 0 Å². The number of hydrogen-bond acceptors (Lipinski definition) is 7. The number of carbonyl (C=O) groups is 1. The summed E-state index contributed by atoms with van der Waals surface area (Å²) < 4.78 is 0. The Morgan fingerprint density at radius 3 is 2.62 bits per heavy atom. The van der Waals surface area contributed by atoms with Crippen LogP contribution in [0.15, 0.2) is 30.5 Å². The lowest BCUT2D eigenvalue weighted by Crippen LogP contribution is -2.38. The van der Waals surface area contributed by atoms with Crippen LogP contribution in [0.3, 0.4) is 0 Å². The maximum Gasteiger partial charge on any atom is 0.320 e. The fraction of sp³-hybridized carbons (Fsp3) is 0.500. The number of carboxylic acids is 1. The number of aliphatic carboxylic acids is 1. The molecule has 2 rings (SSSR count). The fourth-order valence-electron chi connectivity index (χ4n) is 2.57. The molecule has 1 aromatic heterocycles. The Morgan fingerprint density at radius 2 is 1.88 bits per heavy atom. The van der Waals surface area contributed by atoms with E-state index in [-0.39, 0.29) is 13.0 Å². The van der Waals surface area contributed by atoms with Gasteiger partial charge in [-0.25, -0.2) is 4.98 Å². The van der Waals surface area contributed by atoms with E-state index in [1.165, 1.54) is 0 Å². The number of unbranched alkanes of at least 4 members (excludes halogenated alkanes) is 1. The predicted octanol–water partition coefficient (Wildman–Crippen LogP) is 0.0659. The zero-order chi connectivity index (χ0) is 18.9. The zero-order valence-electron chi connectivity index (χ0n) is 14.6. The lowest BCUT2D eigenvalue weighted by atomic mass is 10.1. The summed E-state index contributed by atoms with van der Waals surface area (Å²) in [5.74, 6) is -0.992. The number of fused-ring (bicyclic) bond motifs is 1. The highest BCUT2D eigenvalue weighted by Gasteiger charge is 2.17. The topological polar surface area (TPSA) is 142 Å². The third kappa shape index (κ3) is 6.30. The highest BCUT2D eigenvalue weighted by molar-refractivity contribution is 5.73. The minimum Gasteiger partial charge on any atom is -0.480 e. The molecule has 1 aromatic carbocycles. The van der Waals surface area contributed by atoms with Crippen LogP contribution in [0.5, 0.6) is 0 Å². The number of benzene rings is 1. The summed E-state index contributed by atoms with van der Waals surface area (Å²) in [5, 5.41) is 31.9. The van der Waals surface area contributed by atoms with E-state index in [0.717, 1.165) is 17.5 Å². The number of rotatable bonds is 11. The van der Waals surface area contributed by atoms with Gasteiger partial charge in [-0.3, -0.25) is 9.78 Å². The molecule has 2 aromatic rings. The van der Waals surface area contributed by atoms with Crippen LogP contribution in [0.25, 0.3) is 11.0 Å². The van der Waals surface area contributed by atoms with Crippen molar-refractivity contribution in [1.82, 2.24) is 15.3 Å². The smallest absolute Gasteiger partial charge is 0.320 e. The first-order chi connectivity index (χ1) is 12.5. The van der Waals surface area contributed by atoms with Crippen molar-refractivity contribution in [3.63, 3.8) is 0 Å². The Labute approximate surface area is 152 Å². The molecule has 0 radical (unpaired) electrons. The van der Waals surface area contributed by atoms with Gasteiger partial charge in [-0.1, -0.05) is 18.6 Å². The molecule has 0 unspecified atom stereocenters. The normalized spacial score (nSPS) is 14.9. The average molecular weight is 362 g/mol. The largest absolute Gasteiger partial charge is 0.480 e. The minimum atomic E-state index is -0.992. The Kier molecular flexibility index (Phi) is 7.86. The molecular weight excluding hydrogens is 336 g/mol. The summed E-state index contributed by atoms with van der Waals surface area (Å²) in [4.78, 5) is 19.3. The summed E-state index contributed by atoms with van der Waals surface area (Å²) in [6.07, 6.45) is 1.81. The monoisotopic (exact) mass is 362 g/mol. The number of nitrogens with one attached hydrogen (secondary N) is 1. The van der Waals surface area contributed by atoms with Gasteiger partial charge in [0.15, 0.2) is 0 Å². The molecule has 0 saturated carbocycles. The molecule has 0 spiro atoms. The van der Waals surface area contributed by atoms with Gasteiger partial charge < -0.3 is 26.4 Å². The molecule has 26 heavy (non-hydrogen) atoms. The number of nitrogens with two attached hydrogens (primary N) is 1. The van der Waals surface area contributed by atoms with Crippen molar-refractivity contribution < 1.29 is 20.1 Å². The van der Waals surface area contributed by atoms with E-state index in [4.69, 9.17) is 10.8 Å². The summed E-state index contributed by atoms with van der Waals surface area (Å²) in [7, 11) is 0. The molecule has 0 fully saturated rings. The van der Waals surface area contributed by atoms with E-state index >= 15 is 0 Å². The molecule has 1 heterocycles. The number of carboxylic acid groups (broad SMARTS) is 1. The van der Waals surface area contributed by atoms with Crippen molar-refractivity contribution in [3.05, 3.63) is 36.2 Å². The maximum atomic E-state index is 10.6. The Bertz CT molecular complexity index is 712. The van der Waals surface area contributed by atoms with E-state index < -0.39 is 24.2 Å². The first-order valence-electron chi connectivity index (χ1n) is 8.73. The third-order valence-corrected chi connectivity index (χ3v) is 4.15. The molecular formula is C18H26N4O4. The van der Waals surface area contributed by atoms with E-state index in [1.807, 2.05) is 24.3 Å². The number of aromatic nitrogens is 2. The number of nitrogens with zero attached hydrogens (tertiary/aromatic N) is 2. The highest BCUT2D eigenvalue weighted by Crippen LogP contribution is 2.10. The third-order valence-electron chi connectivity index (χ3n) is 4.15. The molecule has 0 bridgehead atoms. The number of aliphatic hydroxyl groups is 2. The van der Waals surface area contributed by atoms with Crippen molar-refractivity contribution in [2.75, 3.05) is 13.1 Å². The number of aliphatic hydroxyl groups excluding tert-OH is 2. The fourth-order valence-corrected chi connectivity index (χ4v) is 2.57. The second-order valence-corrected chi connectivity index (χ2v) is 6.33. The quantitative estimate of drug-likeness (QED) is 0.353. The lowest BCUT2D eigenvalue weighted by Gasteiger charge is -2.18. The van der Waals surface area contributed by atoms with Crippen molar-refractivity contribution in [1.29, 1.82) is 0 Å². The van der Waals surface area contributed by atoms with Gasteiger partial charge in [-0.05, 0) is 31.5 Å². The highest BCUT2D eigenvalue weighted by atomic mass is 16.4.